The summed E-state index contributed by atoms with van der Waals surface area (Å²) >= 11 is 0. The first kappa shape index (κ1) is 14.5. The zero-order valence-corrected chi connectivity index (χ0v) is 13.7. The molecule has 6 heteroatoms. The van der Waals surface area contributed by atoms with Gasteiger partial charge in [-0.2, -0.15) is 5.10 Å². The van der Waals surface area contributed by atoms with Gasteiger partial charge in [0.05, 0.1) is 18.0 Å². The smallest absolute Gasteiger partial charge is 0.257 e. The highest BCUT2D eigenvalue weighted by molar-refractivity contribution is 5.95. The summed E-state index contributed by atoms with van der Waals surface area (Å²) in [7, 11) is 1.95. The van der Waals surface area contributed by atoms with E-state index in [4.69, 9.17) is 4.42 Å². The van der Waals surface area contributed by atoms with Crippen LogP contribution < -0.4 is 0 Å². The highest BCUT2D eigenvalue weighted by Gasteiger charge is 2.49. The Morgan fingerprint density at radius 3 is 2.87 bits per heavy atom. The molecule has 0 N–H and O–H groups in total. The molecule has 23 heavy (non-hydrogen) atoms. The molecule has 0 atom stereocenters. The maximum atomic E-state index is 12.5. The number of carbonyl (C=O) groups excluding carboxylic acids is 1. The minimum atomic E-state index is 0.104. The average molecular weight is 314 g/mol. The summed E-state index contributed by atoms with van der Waals surface area (Å²) in [6.07, 6.45) is 6.76. The Morgan fingerprint density at radius 2 is 2.22 bits per heavy atom. The third kappa shape index (κ3) is 2.57. The fraction of sp³-hybridized carbons (Fsp3) is 0.529. The van der Waals surface area contributed by atoms with Gasteiger partial charge in [-0.05, 0) is 26.0 Å². The molecule has 0 radical (unpaired) electrons. The molecule has 6 nitrogen and oxygen atoms in total. The van der Waals surface area contributed by atoms with Crippen LogP contribution in [0.1, 0.15) is 28.1 Å². The number of likely N-dealkylation sites (tertiary alicyclic amines) is 2. The number of rotatable bonds is 3. The standard InChI is InChI=1S/C17H22N4O2/c1-13-15(3-6-23-13)16(22)21-11-17(12-21)4-5-20(10-17)9-14-7-18-19(2)8-14/h3,6-8H,4-5,9-12H2,1-2H3. The Hall–Kier alpha value is -2.08. The maximum absolute atomic E-state index is 12.5. The number of amides is 1. The van der Waals surface area contributed by atoms with Crippen molar-refractivity contribution in [2.24, 2.45) is 12.5 Å². The van der Waals surface area contributed by atoms with Gasteiger partial charge in [-0.1, -0.05) is 0 Å². The Balaban J connectivity index is 1.34. The third-order valence-corrected chi connectivity index (χ3v) is 5.11. The first-order valence-corrected chi connectivity index (χ1v) is 8.08. The van der Waals surface area contributed by atoms with Crippen molar-refractivity contribution >= 4 is 5.91 Å². The molecule has 4 rings (SSSR count). The number of nitrogens with zero attached hydrogens (tertiary/aromatic N) is 4. The molecular formula is C17H22N4O2. The quantitative estimate of drug-likeness (QED) is 0.865. The van der Waals surface area contributed by atoms with E-state index in [2.05, 4.69) is 16.2 Å². The summed E-state index contributed by atoms with van der Waals surface area (Å²) in [5.74, 6) is 0.813. The molecule has 2 fully saturated rings. The molecule has 4 heterocycles. The van der Waals surface area contributed by atoms with Crippen LogP contribution in [0.25, 0.3) is 0 Å². The molecule has 2 aromatic rings. The van der Waals surface area contributed by atoms with E-state index in [1.54, 1.807) is 12.3 Å². The van der Waals surface area contributed by atoms with Crippen molar-refractivity contribution in [2.75, 3.05) is 26.2 Å². The lowest BCUT2D eigenvalue weighted by Gasteiger charge is -2.48. The molecule has 1 spiro atoms. The van der Waals surface area contributed by atoms with Gasteiger partial charge in [0.2, 0.25) is 0 Å². The molecule has 1 amide bonds. The summed E-state index contributed by atoms with van der Waals surface area (Å²) in [6.45, 7) is 6.68. The van der Waals surface area contributed by atoms with Gasteiger partial charge in [-0.25, -0.2) is 0 Å². The van der Waals surface area contributed by atoms with Gasteiger partial charge in [-0.3, -0.25) is 14.4 Å². The summed E-state index contributed by atoms with van der Waals surface area (Å²) in [5.41, 5.74) is 2.24. The molecule has 2 aliphatic heterocycles. The molecule has 0 unspecified atom stereocenters. The molecule has 2 aliphatic rings. The second-order valence-electron chi connectivity index (χ2n) is 7.03. The van der Waals surface area contributed by atoms with E-state index in [-0.39, 0.29) is 11.3 Å². The van der Waals surface area contributed by atoms with E-state index in [1.165, 1.54) is 12.0 Å². The third-order valence-electron chi connectivity index (χ3n) is 5.11. The number of aromatic nitrogens is 2. The van der Waals surface area contributed by atoms with Crippen LogP contribution >= 0.6 is 0 Å². The summed E-state index contributed by atoms with van der Waals surface area (Å²) in [5, 5.41) is 4.23. The van der Waals surface area contributed by atoms with E-state index in [0.717, 1.165) is 32.7 Å². The fourth-order valence-corrected chi connectivity index (χ4v) is 3.92. The second kappa shape index (κ2) is 5.23. The highest BCUT2D eigenvalue weighted by Crippen LogP contribution is 2.40. The first-order chi connectivity index (χ1) is 11.0. The maximum Gasteiger partial charge on any atom is 0.257 e. The molecule has 2 aromatic heterocycles. The average Bonchev–Trinajstić information content (AvgIpc) is 3.18. The number of furan rings is 1. The number of carbonyl (C=O) groups is 1. The Labute approximate surface area is 135 Å². The van der Waals surface area contributed by atoms with Crippen LogP contribution in [0.2, 0.25) is 0 Å². The van der Waals surface area contributed by atoms with Crippen LogP contribution in [-0.4, -0.2) is 51.7 Å². The van der Waals surface area contributed by atoms with Crippen molar-refractivity contribution in [3.05, 3.63) is 41.6 Å². The molecule has 0 saturated carbocycles. The van der Waals surface area contributed by atoms with Gasteiger partial charge in [0.25, 0.3) is 5.91 Å². The van der Waals surface area contributed by atoms with Crippen LogP contribution in [0, 0.1) is 12.3 Å². The molecule has 0 bridgehead atoms. The number of hydrogen-bond acceptors (Lipinski definition) is 4. The lowest BCUT2D eigenvalue weighted by molar-refractivity contribution is 0.0102. The van der Waals surface area contributed by atoms with Crippen LogP contribution in [-0.2, 0) is 13.6 Å². The predicted molar refractivity (Wildman–Crippen MR) is 84.9 cm³/mol. The lowest BCUT2D eigenvalue weighted by Crippen LogP contribution is -2.59. The minimum absolute atomic E-state index is 0.104. The number of aryl methyl sites for hydroxylation is 2. The van der Waals surface area contributed by atoms with E-state index in [1.807, 2.05) is 29.7 Å². The van der Waals surface area contributed by atoms with Gasteiger partial charge in [-0.15, -0.1) is 0 Å². The van der Waals surface area contributed by atoms with Crippen molar-refractivity contribution in [3.8, 4) is 0 Å². The lowest BCUT2D eigenvalue weighted by atomic mass is 9.78. The van der Waals surface area contributed by atoms with E-state index >= 15 is 0 Å². The van der Waals surface area contributed by atoms with Crippen molar-refractivity contribution in [3.63, 3.8) is 0 Å². The van der Waals surface area contributed by atoms with E-state index < -0.39 is 0 Å². The van der Waals surface area contributed by atoms with Gasteiger partial charge < -0.3 is 9.32 Å². The zero-order chi connectivity index (χ0) is 16.0. The van der Waals surface area contributed by atoms with Gasteiger partial charge in [0.15, 0.2) is 0 Å². The van der Waals surface area contributed by atoms with Gasteiger partial charge in [0, 0.05) is 50.4 Å². The van der Waals surface area contributed by atoms with Gasteiger partial charge in [0.1, 0.15) is 5.76 Å². The summed E-state index contributed by atoms with van der Waals surface area (Å²) < 4.78 is 7.09. The summed E-state index contributed by atoms with van der Waals surface area (Å²) in [4.78, 5) is 16.9. The second-order valence-corrected chi connectivity index (χ2v) is 7.03. The van der Waals surface area contributed by atoms with E-state index in [9.17, 15) is 4.79 Å². The van der Waals surface area contributed by atoms with Crippen LogP contribution in [0.3, 0.4) is 0 Å². The monoisotopic (exact) mass is 314 g/mol. The van der Waals surface area contributed by atoms with E-state index in [0.29, 0.717) is 11.3 Å². The topological polar surface area (TPSA) is 54.5 Å². The molecule has 2 saturated heterocycles. The van der Waals surface area contributed by atoms with Crippen molar-refractivity contribution in [2.45, 2.75) is 19.9 Å². The normalized spacial score (nSPS) is 20.2. The Kier molecular flexibility index (Phi) is 3.30. The van der Waals surface area contributed by atoms with Gasteiger partial charge >= 0.3 is 0 Å². The Bertz CT molecular complexity index is 727. The predicted octanol–water partition coefficient (Wildman–Crippen LogP) is 1.67. The van der Waals surface area contributed by atoms with Crippen molar-refractivity contribution < 1.29 is 9.21 Å². The largest absolute Gasteiger partial charge is 0.469 e. The molecule has 0 aliphatic carbocycles. The Morgan fingerprint density at radius 1 is 1.39 bits per heavy atom. The molecule has 0 aromatic carbocycles. The summed E-state index contributed by atoms with van der Waals surface area (Å²) in [6, 6.07) is 1.77. The van der Waals surface area contributed by atoms with Crippen LogP contribution in [0.15, 0.2) is 29.1 Å². The number of hydrogen-bond donors (Lipinski definition) is 0. The zero-order valence-electron chi connectivity index (χ0n) is 13.7. The fourth-order valence-electron chi connectivity index (χ4n) is 3.92. The first-order valence-electron chi connectivity index (χ1n) is 8.08. The van der Waals surface area contributed by atoms with Crippen LogP contribution in [0.5, 0.6) is 0 Å². The van der Waals surface area contributed by atoms with Crippen LogP contribution in [0.4, 0.5) is 0 Å². The minimum Gasteiger partial charge on any atom is -0.469 e. The van der Waals surface area contributed by atoms with Crippen molar-refractivity contribution in [1.82, 2.24) is 19.6 Å². The van der Waals surface area contributed by atoms with Crippen molar-refractivity contribution in [1.29, 1.82) is 0 Å². The SMILES string of the molecule is Cc1occc1C(=O)N1CC2(CCN(Cc3cnn(C)c3)C2)C1. The molecule has 122 valence electrons. The molecular weight excluding hydrogens is 292 g/mol. The highest BCUT2D eigenvalue weighted by atomic mass is 16.3.